The zero-order valence-corrected chi connectivity index (χ0v) is 9.93. The number of hydrogen-bond donors (Lipinski definition) is 1. The standard InChI is InChI=1S/C11H9F4N3O2/c12-8-3-6(11(13,14)15)1-2-7(8)10(19)5-20-4-9(10)17-18-16/h1-3,9,19H,4-5H2. The molecule has 108 valence electrons. The predicted molar refractivity (Wildman–Crippen MR) is 59.1 cm³/mol. The van der Waals surface area contributed by atoms with Gasteiger partial charge in [0.1, 0.15) is 11.4 Å². The lowest BCUT2D eigenvalue weighted by atomic mass is 9.88. The summed E-state index contributed by atoms with van der Waals surface area (Å²) in [5.74, 6) is -1.23. The van der Waals surface area contributed by atoms with Crippen LogP contribution >= 0.6 is 0 Å². The van der Waals surface area contributed by atoms with Crippen molar-refractivity contribution < 1.29 is 27.4 Å². The second-order valence-corrected chi connectivity index (χ2v) is 4.35. The van der Waals surface area contributed by atoms with Crippen LogP contribution in [0.3, 0.4) is 0 Å². The van der Waals surface area contributed by atoms with Gasteiger partial charge in [-0.3, -0.25) is 0 Å². The van der Waals surface area contributed by atoms with Crippen molar-refractivity contribution >= 4 is 0 Å². The van der Waals surface area contributed by atoms with E-state index in [1.54, 1.807) is 0 Å². The van der Waals surface area contributed by atoms with E-state index >= 15 is 0 Å². The monoisotopic (exact) mass is 291 g/mol. The molecule has 0 bridgehead atoms. The molecule has 0 spiro atoms. The highest BCUT2D eigenvalue weighted by Gasteiger charge is 2.45. The Kier molecular flexibility index (Phi) is 3.59. The van der Waals surface area contributed by atoms with Crippen LogP contribution in [-0.4, -0.2) is 24.4 Å². The molecule has 0 radical (unpaired) electrons. The van der Waals surface area contributed by atoms with Crippen molar-refractivity contribution in [3.8, 4) is 0 Å². The summed E-state index contributed by atoms with van der Waals surface area (Å²) < 4.78 is 56.1. The molecule has 1 fully saturated rings. The smallest absolute Gasteiger partial charge is 0.382 e. The Morgan fingerprint density at radius 2 is 2.15 bits per heavy atom. The molecule has 1 aromatic rings. The molecule has 1 N–H and O–H groups in total. The van der Waals surface area contributed by atoms with Gasteiger partial charge in [0.2, 0.25) is 0 Å². The predicted octanol–water partition coefficient (Wildman–Crippen LogP) is 2.74. The number of benzene rings is 1. The van der Waals surface area contributed by atoms with E-state index < -0.39 is 29.2 Å². The van der Waals surface area contributed by atoms with Crippen LogP contribution in [-0.2, 0) is 16.5 Å². The Balaban J connectivity index is 2.45. The van der Waals surface area contributed by atoms with Crippen LogP contribution in [0.1, 0.15) is 11.1 Å². The van der Waals surface area contributed by atoms with Gasteiger partial charge in [0.05, 0.1) is 24.8 Å². The number of azide groups is 1. The van der Waals surface area contributed by atoms with Gasteiger partial charge in [-0.05, 0) is 17.7 Å². The SMILES string of the molecule is [N-]=[N+]=NC1COCC1(O)c1ccc(C(F)(F)F)cc1F. The maximum Gasteiger partial charge on any atom is 0.416 e. The van der Waals surface area contributed by atoms with Crippen LogP contribution in [0, 0.1) is 5.82 Å². The molecule has 2 rings (SSSR count). The lowest BCUT2D eigenvalue weighted by Gasteiger charge is -2.26. The normalized spacial score (nSPS) is 26.4. The summed E-state index contributed by atoms with van der Waals surface area (Å²) in [5.41, 5.74) is 4.85. The molecule has 9 heteroatoms. The summed E-state index contributed by atoms with van der Waals surface area (Å²) in [7, 11) is 0. The molecule has 1 heterocycles. The largest absolute Gasteiger partial charge is 0.416 e. The molecule has 1 saturated heterocycles. The number of hydrogen-bond acceptors (Lipinski definition) is 3. The molecule has 2 unspecified atom stereocenters. The van der Waals surface area contributed by atoms with E-state index in [1.807, 2.05) is 0 Å². The Labute approximate surface area is 110 Å². The first kappa shape index (κ1) is 14.6. The number of rotatable bonds is 2. The van der Waals surface area contributed by atoms with Crippen molar-refractivity contribution in [2.45, 2.75) is 17.8 Å². The topological polar surface area (TPSA) is 78.2 Å². The number of alkyl halides is 3. The number of halogens is 4. The Hall–Kier alpha value is -1.83. The Bertz CT molecular complexity index is 571. The average Bonchev–Trinajstić information content (AvgIpc) is 2.71. The summed E-state index contributed by atoms with van der Waals surface area (Å²) in [6.45, 7) is -0.500. The van der Waals surface area contributed by atoms with E-state index in [4.69, 9.17) is 10.3 Å². The van der Waals surface area contributed by atoms with Gasteiger partial charge < -0.3 is 9.84 Å². The Morgan fingerprint density at radius 3 is 2.70 bits per heavy atom. The van der Waals surface area contributed by atoms with Crippen LogP contribution in [0.15, 0.2) is 23.3 Å². The van der Waals surface area contributed by atoms with E-state index in [-0.39, 0.29) is 18.8 Å². The molecule has 0 saturated carbocycles. The van der Waals surface area contributed by atoms with Crippen molar-refractivity contribution in [1.82, 2.24) is 0 Å². The van der Waals surface area contributed by atoms with Gasteiger partial charge in [-0.1, -0.05) is 11.2 Å². The number of ether oxygens (including phenoxy) is 1. The van der Waals surface area contributed by atoms with Gasteiger partial charge in [-0.2, -0.15) is 13.2 Å². The summed E-state index contributed by atoms with van der Waals surface area (Å²) in [6.07, 6.45) is -4.68. The van der Waals surface area contributed by atoms with Gasteiger partial charge in [-0.25, -0.2) is 4.39 Å². The minimum atomic E-state index is -4.68. The molecule has 2 atom stereocenters. The summed E-state index contributed by atoms with van der Waals surface area (Å²) in [5, 5.41) is 13.6. The van der Waals surface area contributed by atoms with Crippen molar-refractivity contribution in [2.75, 3.05) is 13.2 Å². The molecule has 0 aliphatic carbocycles. The second-order valence-electron chi connectivity index (χ2n) is 4.35. The molecule has 1 aliphatic rings. The first-order chi connectivity index (χ1) is 9.29. The maximum absolute atomic E-state index is 13.8. The highest BCUT2D eigenvalue weighted by atomic mass is 19.4. The highest BCUT2D eigenvalue weighted by Crippen LogP contribution is 2.37. The second kappa shape index (κ2) is 4.93. The maximum atomic E-state index is 13.8. The van der Waals surface area contributed by atoms with Gasteiger partial charge in [0, 0.05) is 10.5 Å². The zero-order valence-electron chi connectivity index (χ0n) is 9.93. The van der Waals surface area contributed by atoms with Crippen LogP contribution in [0.25, 0.3) is 10.4 Å². The van der Waals surface area contributed by atoms with Gasteiger partial charge >= 0.3 is 6.18 Å². The van der Waals surface area contributed by atoms with E-state index in [9.17, 15) is 22.7 Å². The summed E-state index contributed by atoms with van der Waals surface area (Å²) in [4.78, 5) is 2.51. The van der Waals surface area contributed by atoms with Crippen molar-refractivity contribution in [3.63, 3.8) is 0 Å². The minimum absolute atomic E-state index is 0.138. The van der Waals surface area contributed by atoms with Crippen molar-refractivity contribution in [3.05, 3.63) is 45.6 Å². The summed E-state index contributed by atoms with van der Waals surface area (Å²) in [6, 6.07) is 0.673. The molecule has 1 aromatic carbocycles. The van der Waals surface area contributed by atoms with Crippen molar-refractivity contribution in [1.29, 1.82) is 0 Å². The first-order valence-electron chi connectivity index (χ1n) is 5.50. The van der Waals surface area contributed by atoms with E-state index in [1.165, 1.54) is 0 Å². The zero-order chi connectivity index (χ0) is 15.0. The summed E-state index contributed by atoms with van der Waals surface area (Å²) >= 11 is 0. The van der Waals surface area contributed by atoms with Crippen LogP contribution in [0.2, 0.25) is 0 Å². The minimum Gasteiger partial charge on any atom is -0.382 e. The van der Waals surface area contributed by atoms with Crippen LogP contribution in [0.4, 0.5) is 17.6 Å². The van der Waals surface area contributed by atoms with E-state index in [0.29, 0.717) is 12.1 Å². The third kappa shape index (κ3) is 2.43. The lowest BCUT2D eigenvalue weighted by molar-refractivity contribution is -0.137. The van der Waals surface area contributed by atoms with E-state index in [0.717, 1.165) is 6.07 Å². The third-order valence-corrected chi connectivity index (χ3v) is 3.10. The fourth-order valence-electron chi connectivity index (χ4n) is 2.05. The van der Waals surface area contributed by atoms with Crippen LogP contribution in [0.5, 0.6) is 0 Å². The average molecular weight is 291 g/mol. The third-order valence-electron chi connectivity index (χ3n) is 3.10. The molecule has 0 aromatic heterocycles. The molecule has 5 nitrogen and oxygen atoms in total. The number of nitrogens with zero attached hydrogens (tertiary/aromatic N) is 3. The fourth-order valence-corrected chi connectivity index (χ4v) is 2.05. The fraction of sp³-hybridized carbons (Fsp3) is 0.455. The van der Waals surface area contributed by atoms with Gasteiger partial charge in [0.25, 0.3) is 0 Å². The van der Waals surface area contributed by atoms with Gasteiger partial charge in [0.15, 0.2) is 0 Å². The molecular weight excluding hydrogens is 282 g/mol. The van der Waals surface area contributed by atoms with Gasteiger partial charge in [-0.15, -0.1) is 0 Å². The lowest BCUT2D eigenvalue weighted by Crippen LogP contribution is -2.38. The van der Waals surface area contributed by atoms with E-state index in [2.05, 4.69) is 10.0 Å². The molecule has 1 aliphatic heterocycles. The Morgan fingerprint density at radius 1 is 1.45 bits per heavy atom. The number of aliphatic hydroxyl groups is 1. The molecule has 0 amide bonds. The quantitative estimate of drug-likeness (QED) is 0.393. The molecular formula is C11H9F4N3O2. The van der Waals surface area contributed by atoms with Crippen molar-refractivity contribution in [2.24, 2.45) is 5.11 Å². The molecule has 20 heavy (non-hydrogen) atoms. The first-order valence-corrected chi connectivity index (χ1v) is 5.50. The van der Waals surface area contributed by atoms with Crippen LogP contribution < -0.4 is 0 Å². The highest BCUT2D eigenvalue weighted by molar-refractivity contribution is 5.32.